The SMILES string of the molecule is CNC1C(S(=O)c2ccccc2C)CCCC1(C)C. The number of hydrogen-bond acceptors (Lipinski definition) is 2. The van der Waals surface area contributed by atoms with E-state index in [0.29, 0.717) is 6.04 Å². The molecule has 0 saturated heterocycles. The second-order valence-corrected chi connectivity index (χ2v) is 7.89. The molecule has 1 aliphatic carbocycles. The van der Waals surface area contributed by atoms with E-state index in [1.807, 2.05) is 25.2 Å². The second-order valence-electron chi connectivity index (χ2n) is 6.25. The van der Waals surface area contributed by atoms with Crippen LogP contribution in [0.4, 0.5) is 0 Å². The molecular weight excluding hydrogens is 254 g/mol. The molecule has 19 heavy (non-hydrogen) atoms. The van der Waals surface area contributed by atoms with E-state index in [1.54, 1.807) is 0 Å². The monoisotopic (exact) mass is 279 g/mol. The first kappa shape index (κ1) is 14.7. The van der Waals surface area contributed by atoms with Gasteiger partial charge in [-0.25, -0.2) is 0 Å². The Kier molecular flexibility index (Phi) is 4.46. The standard InChI is InChI=1S/C16H25NOS/c1-12-8-5-6-9-13(12)19(18)14-10-7-11-16(2,3)15(14)17-4/h5-6,8-9,14-15,17H,7,10-11H2,1-4H3. The highest BCUT2D eigenvalue weighted by Crippen LogP contribution is 2.39. The third-order valence-corrected chi connectivity index (χ3v) is 6.37. The van der Waals surface area contributed by atoms with Gasteiger partial charge in [-0.05, 0) is 43.9 Å². The summed E-state index contributed by atoms with van der Waals surface area (Å²) < 4.78 is 12.9. The van der Waals surface area contributed by atoms with Crippen molar-refractivity contribution < 1.29 is 4.21 Å². The van der Waals surface area contributed by atoms with Crippen molar-refractivity contribution in [2.45, 2.75) is 56.2 Å². The maximum absolute atomic E-state index is 12.9. The van der Waals surface area contributed by atoms with Gasteiger partial charge in [0.15, 0.2) is 0 Å². The van der Waals surface area contributed by atoms with Crippen molar-refractivity contribution in [1.29, 1.82) is 0 Å². The first-order valence-corrected chi connectivity index (χ1v) is 8.32. The van der Waals surface area contributed by atoms with E-state index in [0.717, 1.165) is 16.9 Å². The van der Waals surface area contributed by atoms with E-state index in [9.17, 15) is 4.21 Å². The molecule has 0 radical (unpaired) electrons. The van der Waals surface area contributed by atoms with Gasteiger partial charge in [0.2, 0.25) is 0 Å². The fourth-order valence-corrected chi connectivity index (χ4v) is 5.39. The van der Waals surface area contributed by atoms with Gasteiger partial charge in [-0.15, -0.1) is 0 Å². The highest BCUT2D eigenvalue weighted by molar-refractivity contribution is 7.85. The lowest BCUT2D eigenvalue weighted by atomic mass is 9.73. The Hall–Kier alpha value is -0.670. The number of benzene rings is 1. The zero-order valence-corrected chi connectivity index (χ0v) is 13.2. The summed E-state index contributed by atoms with van der Waals surface area (Å²) in [6.07, 6.45) is 3.43. The van der Waals surface area contributed by atoms with Crippen LogP contribution >= 0.6 is 0 Å². The molecule has 1 aromatic rings. The van der Waals surface area contributed by atoms with Crippen LogP contribution in [0.3, 0.4) is 0 Å². The van der Waals surface area contributed by atoms with Crippen LogP contribution in [-0.2, 0) is 10.8 Å². The summed E-state index contributed by atoms with van der Waals surface area (Å²) in [5.41, 5.74) is 1.36. The van der Waals surface area contributed by atoms with Crippen molar-refractivity contribution in [3.05, 3.63) is 29.8 Å². The molecule has 0 aromatic heterocycles. The number of nitrogens with one attached hydrogen (secondary N) is 1. The molecule has 0 aliphatic heterocycles. The zero-order chi connectivity index (χ0) is 14.0. The summed E-state index contributed by atoms with van der Waals surface area (Å²) in [7, 11) is 1.08. The van der Waals surface area contributed by atoms with Gasteiger partial charge in [-0.3, -0.25) is 4.21 Å². The smallest absolute Gasteiger partial charge is 0.0579 e. The van der Waals surface area contributed by atoms with Crippen LogP contribution in [0.15, 0.2) is 29.2 Å². The van der Waals surface area contributed by atoms with Crippen LogP contribution in [0.25, 0.3) is 0 Å². The molecule has 1 saturated carbocycles. The highest BCUT2D eigenvalue weighted by Gasteiger charge is 2.41. The van der Waals surface area contributed by atoms with E-state index in [2.05, 4.69) is 32.2 Å². The fraction of sp³-hybridized carbons (Fsp3) is 0.625. The molecule has 1 fully saturated rings. The van der Waals surface area contributed by atoms with Crippen LogP contribution in [0.5, 0.6) is 0 Å². The molecule has 2 nitrogen and oxygen atoms in total. The molecule has 3 unspecified atom stereocenters. The molecule has 0 amide bonds. The maximum atomic E-state index is 12.9. The fourth-order valence-electron chi connectivity index (χ4n) is 3.34. The summed E-state index contributed by atoms with van der Waals surface area (Å²) in [6, 6.07) is 8.38. The summed E-state index contributed by atoms with van der Waals surface area (Å²) in [5, 5.41) is 3.64. The quantitative estimate of drug-likeness (QED) is 0.920. The first-order valence-electron chi connectivity index (χ1n) is 7.11. The number of hydrogen-bond donors (Lipinski definition) is 1. The van der Waals surface area contributed by atoms with Crippen molar-refractivity contribution in [3.8, 4) is 0 Å². The Balaban J connectivity index is 2.30. The van der Waals surface area contributed by atoms with Gasteiger partial charge in [0.25, 0.3) is 0 Å². The highest BCUT2D eigenvalue weighted by atomic mass is 32.2. The van der Waals surface area contributed by atoms with Crippen LogP contribution in [0, 0.1) is 12.3 Å². The Morgan fingerprint density at radius 1 is 1.32 bits per heavy atom. The summed E-state index contributed by atoms with van der Waals surface area (Å²) in [5.74, 6) is 0. The van der Waals surface area contributed by atoms with E-state index in [1.165, 1.54) is 12.8 Å². The van der Waals surface area contributed by atoms with Crippen molar-refractivity contribution in [3.63, 3.8) is 0 Å². The second kappa shape index (κ2) is 5.76. The Morgan fingerprint density at radius 3 is 2.63 bits per heavy atom. The minimum absolute atomic E-state index is 0.217. The summed E-state index contributed by atoms with van der Waals surface area (Å²) in [4.78, 5) is 1.01. The lowest BCUT2D eigenvalue weighted by Gasteiger charge is -2.43. The van der Waals surface area contributed by atoms with Gasteiger partial charge in [-0.1, -0.05) is 38.5 Å². The maximum Gasteiger partial charge on any atom is 0.0579 e. The lowest BCUT2D eigenvalue weighted by Crippen LogP contribution is -2.52. The predicted octanol–water partition coefficient (Wildman–Crippen LogP) is 3.27. The molecule has 0 heterocycles. The van der Waals surface area contributed by atoms with E-state index in [-0.39, 0.29) is 10.7 Å². The largest absolute Gasteiger partial charge is 0.315 e. The minimum atomic E-state index is -0.920. The number of aryl methyl sites for hydroxylation is 1. The molecular formula is C16H25NOS. The van der Waals surface area contributed by atoms with E-state index >= 15 is 0 Å². The minimum Gasteiger partial charge on any atom is -0.315 e. The molecule has 0 spiro atoms. The van der Waals surface area contributed by atoms with Crippen LogP contribution in [0.2, 0.25) is 0 Å². The average molecular weight is 279 g/mol. The van der Waals surface area contributed by atoms with Gasteiger partial charge in [0.1, 0.15) is 0 Å². The average Bonchev–Trinajstić information content (AvgIpc) is 2.37. The van der Waals surface area contributed by atoms with Gasteiger partial charge in [0.05, 0.1) is 16.0 Å². The Labute approximate surface area is 119 Å². The zero-order valence-electron chi connectivity index (χ0n) is 12.4. The van der Waals surface area contributed by atoms with Crippen molar-refractivity contribution in [1.82, 2.24) is 5.32 Å². The van der Waals surface area contributed by atoms with E-state index < -0.39 is 10.8 Å². The molecule has 1 aromatic carbocycles. The molecule has 2 rings (SSSR count). The molecule has 106 valence electrons. The Bertz CT molecular complexity index is 470. The number of rotatable bonds is 3. The van der Waals surface area contributed by atoms with Gasteiger partial charge in [-0.2, -0.15) is 0 Å². The van der Waals surface area contributed by atoms with Gasteiger partial charge < -0.3 is 5.32 Å². The molecule has 0 bridgehead atoms. The van der Waals surface area contributed by atoms with Crippen molar-refractivity contribution >= 4 is 10.8 Å². The van der Waals surface area contributed by atoms with Crippen molar-refractivity contribution in [2.24, 2.45) is 5.41 Å². The van der Waals surface area contributed by atoms with Crippen LogP contribution in [0.1, 0.15) is 38.7 Å². The van der Waals surface area contributed by atoms with Gasteiger partial charge >= 0.3 is 0 Å². The third-order valence-electron chi connectivity index (χ3n) is 4.42. The third kappa shape index (κ3) is 2.92. The van der Waals surface area contributed by atoms with Crippen LogP contribution < -0.4 is 5.32 Å². The summed E-state index contributed by atoms with van der Waals surface area (Å²) >= 11 is 0. The van der Waals surface area contributed by atoms with Crippen molar-refractivity contribution in [2.75, 3.05) is 7.05 Å². The van der Waals surface area contributed by atoms with Crippen LogP contribution in [-0.4, -0.2) is 22.5 Å². The topological polar surface area (TPSA) is 29.1 Å². The van der Waals surface area contributed by atoms with E-state index in [4.69, 9.17) is 0 Å². The lowest BCUT2D eigenvalue weighted by molar-refractivity contribution is 0.180. The molecule has 1 N–H and O–H groups in total. The first-order chi connectivity index (χ1) is 8.97. The Morgan fingerprint density at radius 2 is 2.00 bits per heavy atom. The molecule has 3 heteroatoms. The normalized spacial score (nSPS) is 28.0. The van der Waals surface area contributed by atoms with Gasteiger partial charge in [0, 0.05) is 10.9 Å². The molecule has 1 aliphatic rings. The molecule has 3 atom stereocenters. The predicted molar refractivity (Wildman–Crippen MR) is 81.9 cm³/mol. The summed E-state index contributed by atoms with van der Waals surface area (Å²) in [6.45, 7) is 6.63.